The summed E-state index contributed by atoms with van der Waals surface area (Å²) < 4.78 is 1.10. The maximum absolute atomic E-state index is 12.3. The third-order valence-corrected chi connectivity index (χ3v) is 7.33. The second-order valence-electron chi connectivity index (χ2n) is 6.21. The van der Waals surface area contributed by atoms with E-state index < -0.39 is 11.2 Å². The summed E-state index contributed by atoms with van der Waals surface area (Å²) in [6.07, 6.45) is 6.37. The molecule has 3 rings (SSSR count). The van der Waals surface area contributed by atoms with E-state index in [1.807, 2.05) is 21.6 Å². The molecule has 0 bridgehead atoms. The van der Waals surface area contributed by atoms with E-state index in [0.29, 0.717) is 11.8 Å². The van der Waals surface area contributed by atoms with E-state index in [1.165, 1.54) is 24.8 Å². The Kier molecular flexibility index (Phi) is 6.79. The molecule has 0 unspecified atom stereocenters. The Labute approximate surface area is 158 Å². The Balaban J connectivity index is 1.44. The molecule has 1 atom stereocenters. The summed E-state index contributed by atoms with van der Waals surface area (Å²) in [5.41, 5.74) is -0.623. The minimum Gasteiger partial charge on any atom is -0.354 e. The van der Waals surface area contributed by atoms with Crippen LogP contribution in [0.3, 0.4) is 0 Å². The summed E-state index contributed by atoms with van der Waals surface area (Å²) in [6.45, 7) is 0.392. The molecular formula is C17H22N4O3S2. The van der Waals surface area contributed by atoms with Crippen LogP contribution in [0.1, 0.15) is 32.1 Å². The predicted molar refractivity (Wildman–Crippen MR) is 107 cm³/mol. The summed E-state index contributed by atoms with van der Waals surface area (Å²) in [7, 11) is 3.90. The first kappa shape index (κ1) is 19.0. The molecule has 1 saturated heterocycles. The van der Waals surface area contributed by atoms with Crippen molar-refractivity contribution >= 4 is 38.5 Å². The number of pyridine rings is 1. The lowest BCUT2D eigenvalue weighted by Gasteiger charge is -2.09. The van der Waals surface area contributed by atoms with Crippen LogP contribution in [0.25, 0.3) is 11.0 Å². The average Bonchev–Trinajstić information content (AvgIpc) is 3.15. The Morgan fingerprint density at radius 3 is 3.08 bits per heavy atom. The minimum atomic E-state index is -0.512. The predicted octanol–water partition coefficient (Wildman–Crippen LogP) is 1.92. The van der Waals surface area contributed by atoms with Crippen molar-refractivity contribution in [3.8, 4) is 0 Å². The molecular weight excluding hydrogens is 372 g/mol. The number of hydrogen-bond donors (Lipinski definition) is 2. The highest BCUT2D eigenvalue weighted by atomic mass is 33.1. The van der Waals surface area contributed by atoms with Crippen LogP contribution in [0.4, 0.5) is 0 Å². The van der Waals surface area contributed by atoms with Crippen LogP contribution in [0.15, 0.2) is 27.9 Å². The molecule has 0 aliphatic carbocycles. The number of nitrogens with zero attached hydrogens (tertiary/aromatic N) is 2. The van der Waals surface area contributed by atoms with Crippen molar-refractivity contribution in [3.05, 3.63) is 39.2 Å². The van der Waals surface area contributed by atoms with Gasteiger partial charge >= 0.3 is 5.69 Å². The monoisotopic (exact) mass is 394 g/mol. The average molecular weight is 395 g/mol. The van der Waals surface area contributed by atoms with Crippen molar-refractivity contribution in [2.75, 3.05) is 12.3 Å². The van der Waals surface area contributed by atoms with E-state index >= 15 is 0 Å². The van der Waals surface area contributed by atoms with E-state index in [0.717, 1.165) is 22.7 Å². The van der Waals surface area contributed by atoms with E-state index in [9.17, 15) is 14.4 Å². The number of H-pyrrole nitrogens is 1. The minimum absolute atomic E-state index is 0.0367. The molecule has 2 N–H and O–H groups in total. The van der Waals surface area contributed by atoms with Gasteiger partial charge in [-0.05, 0) is 31.4 Å². The highest BCUT2D eigenvalue weighted by Crippen LogP contribution is 2.39. The van der Waals surface area contributed by atoms with Gasteiger partial charge in [0.15, 0.2) is 0 Å². The van der Waals surface area contributed by atoms with Crippen LogP contribution in [-0.4, -0.2) is 38.0 Å². The van der Waals surface area contributed by atoms with Crippen LogP contribution in [0.5, 0.6) is 0 Å². The lowest BCUT2D eigenvalue weighted by molar-refractivity contribution is -0.121. The van der Waals surface area contributed by atoms with Gasteiger partial charge in [-0.1, -0.05) is 28.0 Å². The number of unbranched alkanes of at least 4 members (excludes halogenated alkanes) is 1. The summed E-state index contributed by atoms with van der Waals surface area (Å²) in [5, 5.41) is 3.89. The fourth-order valence-electron chi connectivity index (χ4n) is 2.90. The van der Waals surface area contributed by atoms with Gasteiger partial charge in [0.25, 0.3) is 5.56 Å². The van der Waals surface area contributed by atoms with E-state index in [2.05, 4.69) is 15.3 Å². The summed E-state index contributed by atoms with van der Waals surface area (Å²) in [5.74, 6) is 1.20. The fraction of sp³-hybridized carbons (Fsp3) is 0.529. The molecule has 1 aliphatic rings. The second kappa shape index (κ2) is 9.27. The molecule has 1 amide bonds. The first-order chi connectivity index (χ1) is 12.6. The molecule has 2 aromatic heterocycles. The molecule has 7 nitrogen and oxygen atoms in total. The van der Waals surface area contributed by atoms with Gasteiger partial charge in [-0.2, -0.15) is 0 Å². The highest BCUT2D eigenvalue weighted by Gasteiger charge is 2.15. The molecule has 140 valence electrons. The van der Waals surface area contributed by atoms with E-state index in [1.54, 1.807) is 12.1 Å². The van der Waals surface area contributed by atoms with Crippen LogP contribution in [0.2, 0.25) is 0 Å². The summed E-state index contributed by atoms with van der Waals surface area (Å²) in [6, 6.07) is 3.27. The number of aromatic amines is 1. The Hall–Kier alpha value is -1.74. The third kappa shape index (κ3) is 4.91. The lowest BCUT2D eigenvalue weighted by Crippen LogP contribution is -2.39. The number of fused-ring (bicyclic) bond motifs is 1. The first-order valence-corrected chi connectivity index (χ1v) is 11.2. The van der Waals surface area contributed by atoms with Gasteiger partial charge in [0.2, 0.25) is 5.91 Å². The zero-order valence-electron chi connectivity index (χ0n) is 14.4. The number of nitrogens with one attached hydrogen (secondary N) is 2. The molecule has 2 aromatic rings. The van der Waals surface area contributed by atoms with Crippen LogP contribution >= 0.6 is 21.6 Å². The van der Waals surface area contributed by atoms with Gasteiger partial charge in [-0.15, -0.1) is 0 Å². The van der Waals surface area contributed by atoms with Crippen molar-refractivity contribution in [2.24, 2.45) is 0 Å². The van der Waals surface area contributed by atoms with Gasteiger partial charge in [-0.3, -0.25) is 19.1 Å². The van der Waals surface area contributed by atoms with E-state index in [4.69, 9.17) is 0 Å². The van der Waals surface area contributed by atoms with Crippen molar-refractivity contribution in [3.63, 3.8) is 0 Å². The first-order valence-electron chi connectivity index (χ1n) is 8.78. The van der Waals surface area contributed by atoms with Gasteiger partial charge in [0.1, 0.15) is 5.65 Å². The smallest absolute Gasteiger partial charge is 0.330 e. The number of rotatable bonds is 8. The Bertz CT molecular complexity index is 874. The van der Waals surface area contributed by atoms with Crippen LogP contribution in [0, 0.1) is 0 Å². The molecule has 3 heterocycles. The van der Waals surface area contributed by atoms with Gasteiger partial charge < -0.3 is 5.32 Å². The Morgan fingerprint density at radius 2 is 2.27 bits per heavy atom. The maximum atomic E-state index is 12.3. The van der Waals surface area contributed by atoms with Crippen molar-refractivity contribution in [1.82, 2.24) is 19.9 Å². The fourth-order valence-corrected chi connectivity index (χ4v) is 5.93. The number of hydrogen-bond acceptors (Lipinski definition) is 6. The van der Waals surface area contributed by atoms with Crippen LogP contribution in [-0.2, 0) is 11.3 Å². The number of carbonyl (C=O) groups is 1. The number of carbonyl (C=O) groups excluding carboxylic acids is 1. The highest BCUT2D eigenvalue weighted by molar-refractivity contribution is 8.77. The van der Waals surface area contributed by atoms with Gasteiger partial charge in [-0.25, -0.2) is 9.78 Å². The van der Waals surface area contributed by atoms with Crippen molar-refractivity contribution in [2.45, 2.75) is 43.9 Å². The molecule has 0 radical (unpaired) electrons. The standard InChI is InChI=1S/C17H22N4O3S2/c22-14(6-2-1-4-12-7-11-25-26-12)18-9-10-21-16(23)13-5-3-8-19-15(13)20-17(21)24/h3,5,8,12H,1-2,4,6-7,9-11H2,(H,18,22)(H,19,20,24)/t12-/m1/s1. The summed E-state index contributed by atoms with van der Waals surface area (Å²) >= 11 is 0. The topological polar surface area (TPSA) is 96.8 Å². The summed E-state index contributed by atoms with van der Waals surface area (Å²) in [4.78, 5) is 42.8. The number of amides is 1. The normalized spacial score (nSPS) is 16.8. The molecule has 26 heavy (non-hydrogen) atoms. The van der Waals surface area contributed by atoms with Crippen molar-refractivity contribution < 1.29 is 4.79 Å². The zero-order valence-corrected chi connectivity index (χ0v) is 16.0. The second-order valence-corrected chi connectivity index (χ2v) is 9.00. The van der Waals surface area contributed by atoms with Crippen molar-refractivity contribution in [1.29, 1.82) is 0 Å². The largest absolute Gasteiger partial charge is 0.354 e. The third-order valence-electron chi connectivity index (χ3n) is 4.32. The van der Waals surface area contributed by atoms with E-state index in [-0.39, 0.29) is 24.6 Å². The molecule has 0 saturated carbocycles. The van der Waals surface area contributed by atoms with Gasteiger partial charge in [0, 0.05) is 36.7 Å². The van der Waals surface area contributed by atoms with Gasteiger partial charge in [0.05, 0.1) is 5.39 Å². The Morgan fingerprint density at radius 1 is 1.38 bits per heavy atom. The maximum Gasteiger partial charge on any atom is 0.330 e. The zero-order chi connectivity index (χ0) is 18.4. The molecule has 0 aromatic carbocycles. The molecule has 9 heteroatoms. The molecule has 1 aliphatic heterocycles. The lowest BCUT2D eigenvalue weighted by atomic mass is 10.1. The number of aromatic nitrogens is 3. The SMILES string of the molecule is O=C(CCCC[C@@H]1CCSS1)NCCn1c(=O)[nH]c2ncccc2c1=O. The quantitative estimate of drug-likeness (QED) is 0.524. The molecule has 1 fully saturated rings. The van der Waals surface area contributed by atoms with Crippen LogP contribution < -0.4 is 16.6 Å². The molecule has 0 spiro atoms.